The minimum Gasteiger partial charge on any atom is -0.396 e. The number of nitrogens with zero attached hydrogens (tertiary/aromatic N) is 3. The van der Waals surface area contributed by atoms with Gasteiger partial charge >= 0.3 is 0 Å². The van der Waals surface area contributed by atoms with Crippen molar-refractivity contribution >= 4 is 34.2 Å². The van der Waals surface area contributed by atoms with Gasteiger partial charge in [0.05, 0.1) is 18.4 Å². The molecule has 2 heterocycles. The summed E-state index contributed by atoms with van der Waals surface area (Å²) in [5.41, 5.74) is -0.144. The fraction of sp³-hybridized carbons (Fsp3) is 0.786. The Kier molecular flexibility index (Phi) is 8.84. The molecule has 0 spiro atoms. The molecule has 1 saturated heterocycles. The van der Waals surface area contributed by atoms with E-state index in [1.165, 1.54) is 11.3 Å². The summed E-state index contributed by atoms with van der Waals surface area (Å²) in [5, 5.41) is 25.0. The first-order valence-electron chi connectivity index (χ1n) is 14.1. The first-order chi connectivity index (χ1) is 18.0. The number of amides is 3. The molecule has 1 saturated carbocycles. The molecule has 212 valence electrons. The fourth-order valence-electron chi connectivity index (χ4n) is 6.99. The Hall–Kier alpha value is -2.04. The van der Waals surface area contributed by atoms with E-state index in [2.05, 4.69) is 19.2 Å². The summed E-state index contributed by atoms with van der Waals surface area (Å²) in [5.74, 6) is -0.187. The highest BCUT2D eigenvalue weighted by molar-refractivity contribution is 7.15. The molecular formula is C28H44N4O5S. The van der Waals surface area contributed by atoms with Gasteiger partial charge in [0.25, 0.3) is 0 Å². The molecule has 1 aromatic heterocycles. The second kappa shape index (κ2) is 11.6. The van der Waals surface area contributed by atoms with E-state index >= 15 is 0 Å². The summed E-state index contributed by atoms with van der Waals surface area (Å²) >= 11 is 1.46. The number of carbonyl (C=O) groups is 3. The van der Waals surface area contributed by atoms with E-state index in [-0.39, 0.29) is 48.0 Å². The zero-order valence-corrected chi connectivity index (χ0v) is 24.1. The minimum absolute atomic E-state index is 0.0279. The number of thiazole rings is 1. The molecule has 3 N–H and O–H groups in total. The number of anilines is 1. The fourth-order valence-corrected chi connectivity index (χ4v) is 8.08. The number of aromatic nitrogens is 1. The quantitative estimate of drug-likeness (QED) is 0.429. The minimum atomic E-state index is -0.688. The summed E-state index contributed by atoms with van der Waals surface area (Å²) in [6.07, 6.45) is 4.98. The molecule has 0 aromatic carbocycles. The van der Waals surface area contributed by atoms with Gasteiger partial charge in [0, 0.05) is 62.2 Å². The molecule has 1 aromatic rings. The van der Waals surface area contributed by atoms with E-state index in [1.54, 1.807) is 11.8 Å². The first kappa shape index (κ1) is 29.0. The van der Waals surface area contributed by atoms with Gasteiger partial charge < -0.3 is 25.3 Å². The molecule has 4 rings (SSSR count). The lowest BCUT2D eigenvalue weighted by atomic mass is 9.47. The topological polar surface area (TPSA) is 123 Å². The maximum atomic E-state index is 13.6. The Bertz CT molecular complexity index is 1040. The number of unbranched alkanes of at least 4 members (excludes halogenated alkanes) is 2. The van der Waals surface area contributed by atoms with Gasteiger partial charge in [-0.15, -0.1) is 11.3 Å². The zero-order chi connectivity index (χ0) is 27.7. The first-order valence-corrected chi connectivity index (χ1v) is 15.0. The van der Waals surface area contributed by atoms with Crippen LogP contribution in [0.25, 0.3) is 0 Å². The number of piperazine rings is 1. The second-order valence-corrected chi connectivity index (χ2v) is 13.0. The van der Waals surface area contributed by atoms with Crippen molar-refractivity contribution in [3.05, 3.63) is 10.6 Å². The van der Waals surface area contributed by atoms with Gasteiger partial charge in [0.15, 0.2) is 5.13 Å². The van der Waals surface area contributed by atoms with E-state index in [4.69, 9.17) is 4.98 Å². The van der Waals surface area contributed by atoms with E-state index in [1.807, 2.05) is 11.8 Å². The number of hydrogen-bond acceptors (Lipinski definition) is 7. The molecule has 0 bridgehead atoms. The number of fused-ring (bicyclic) bond motifs is 2. The van der Waals surface area contributed by atoms with Crippen LogP contribution in [-0.2, 0) is 20.8 Å². The molecule has 10 heteroatoms. The summed E-state index contributed by atoms with van der Waals surface area (Å²) < 4.78 is 0. The van der Waals surface area contributed by atoms with Crippen molar-refractivity contribution in [2.45, 2.75) is 91.1 Å². The summed E-state index contributed by atoms with van der Waals surface area (Å²) in [7, 11) is 0. The normalized spacial score (nSPS) is 30.9. The maximum absolute atomic E-state index is 13.6. The van der Waals surface area contributed by atoms with Crippen molar-refractivity contribution in [3.8, 4) is 0 Å². The van der Waals surface area contributed by atoms with Gasteiger partial charge in [-0.05, 0) is 37.0 Å². The van der Waals surface area contributed by atoms with Crippen molar-refractivity contribution in [2.75, 3.05) is 38.1 Å². The molecule has 1 aliphatic heterocycles. The van der Waals surface area contributed by atoms with Gasteiger partial charge in [-0.3, -0.25) is 14.4 Å². The van der Waals surface area contributed by atoms with Crippen molar-refractivity contribution in [2.24, 2.45) is 16.7 Å². The van der Waals surface area contributed by atoms with Crippen molar-refractivity contribution < 1.29 is 24.6 Å². The molecule has 0 radical (unpaired) electrons. The lowest BCUT2D eigenvalue weighted by Crippen LogP contribution is -2.58. The molecule has 2 aliphatic carbocycles. The van der Waals surface area contributed by atoms with Crippen LogP contribution in [0.5, 0.6) is 0 Å². The Morgan fingerprint density at radius 3 is 2.45 bits per heavy atom. The van der Waals surface area contributed by atoms with Gasteiger partial charge in [-0.25, -0.2) is 4.98 Å². The molecule has 3 amide bonds. The van der Waals surface area contributed by atoms with E-state index in [9.17, 15) is 24.6 Å². The lowest BCUT2D eigenvalue weighted by Gasteiger charge is -2.58. The predicted molar refractivity (Wildman–Crippen MR) is 147 cm³/mol. The predicted octanol–water partition coefficient (Wildman–Crippen LogP) is 3.16. The number of aliphatic hydroxyl groups is 2. The van der Waals surface area contributed by atoms with Crippen molar-refractivity contribution in [1.29, 1.82) is 0 Å². The molecule has 2 fully saturated rings. The molecule has 3 aliphatic rings. The molecule has 38 heavy (non-hydrogen) atoms. The van der Waals surface area contributed by atoms with E-state index < -0.39 is 11.5 Å². The third-order valence-electron chi connectivity index (χ3n) is 9.60. The lowest BCUT2D eigenvalue weighted by molar-refractivity contribution is -0.149. The standard InChI is InChI=1S/C28H44N4O5S/c1-5-6-7-8-23(36)29-26-30-25-19(15-24(37)32-13-11-31(12-14-32)18(2)34)27(3)10-9-22(35)28(4,17-33)21(27)16-20(25)38-26/h19,21-22,33,35H,5-17H2,1-4H3,(H,29,30,36). The molecular weight excluding hydrogens is 504 g/mol. The van der Waals surface area contributed by atoms with Gasteiger partial charge in [0.1, 0.15) is 0 Å². The largest absolute Gasteiger partial charge is 0.396 e. The number of carbonyl (C=O) groups excluding carboxylic acids is 3. The molecule has 5 atom stereocenters. The number of aliphatic hydroxyl groups excluding tert-OH is 2. The van der Waals surface area contributed by atoms with Crippen molar-refractivity contribution in [1.82, 2.24) is 14.8 Å². The average Bonchev–Trinajstić information content (AvgIpc) is 3.29. The van der Waals surface area contributed by atoms with Gasteiger partial charge in [-0.2, -0.15) is 0 Å². The van der Waals surface area contributed by atoms with E-state index in [0.717, 1.165) is 36.3 Å². The van der Waals surface area contributed by atoms with Crippen LogP contribution in [0.15, 0.2) is 0 Å². The highest BCUT2D eigenvalue weighted by atomic mass is 32.1. The molecule has 5 unspecified atom stereocenters. The summed E-state index contributed by atoms with van der Waals surface area (Å²) in [6.45, 7) is 9.79. The number of hydrogen-bond donors (Lipinski definition) is 3. The highest BCUT2D eigenvalue weighted by Gasteiger charge is 2.59. The molecule has 9 nitrogen and oxygen atoms in total. The van der Waals surface area contributed by atoms with E-state index in [0.29, 0.717) is 50.6 Å². The van der Waals surface area contributed by atoms with Crippen LogP contribution in [0.1, 0.15) is 89.1 Å². The Balaban J connectivity index is 1.61. The second-order valence-electron chi connectivity index (χ2n) is 12.0. The Labute approximate surface area is 230 Å². The number of nitrogens with one attached hydrogen (secondary N) is 1. The van der Waals surface area contributed by atoms with Crippen LogP contribution in [0.4, 0.5) is 5.13 Å². The summed E-state index contributed by atoms with van der Waals surface area (Å²) in [6, 6.07) is 0. The van der Waals surface area contributed by atoms with Crippen LogP contribution in [0.3, 0.4) is 0 Å². The van der Waals surface area contributed by atoms with Gasteiger partial charge in [-0.1, -0.05) is 33.6 Å². The Morgan fingerprint density at radius 1 is 1.13 bits per heavy atom. The monoisotopic (exact) mass is 548 g/mol. The number of rotatable bonds is 8. The van der Waals surface area contributed by atoms with Crippen LogP contribution in [0.2, 0.25) is 0 Å². The summed E-state index contributed by atoms with van der Waals surface area (Å²) in [4.78, 5) is 47.5. The van der Waals surface area contributed by atoms with Crippen LogP contribution < -0.4 is 5.32 Å². The van der Waals surface area contributed by atoms with Crippen LogP contribution in [-0.4, -0.2) is 81.6 Å². The highest BCUT2D eigenvalue weighted by Crippen LogP contribution is 2.62. The average molecular weight is 549 g/mol. The third-order valence-corrected chi connectivity index (χ3v) is 10.6. The zero-order valence-electron chi connectivity index (χ0n) is 23.3. The maximum Gasteiger partial charge on any atom is 0.226 e. The SMILES string of the molecule is CCCCCC(=O)Nc1nc2c(s1)CC1C(C)(CO)C(O)CCC1(C)C2CC(=O)N1CCN(C(C)=O)CC1. The van der Waals surface area contributed by atoms with Crippen LogP contribution >= 0.6 is 11.3 Å². The van der Waals surface area contributed by atoms with Crippen molar-refractivity contribution in [3.63, 3.8) is 0 Å². The van der Waals surface area contributed by atoms with Crippen LogP contribution in [0, 0.1) is 16.7 Å². The Morgan fingerprint density at radius 2 is 1.82 bits per heavy atom. The third kappa shape index (κ3) is 5.49. The van der Waals surface area contributed by atoms with Gasteiger partial charge in [0.2, 0.25) is 17.7 Å². The smallest absolute Gasteiger partial charge is 0.226 e.